The second kappa shape index (κ2) is 6.20. The van der Waals surface area contributed by atoms with Crippen molar-refractivity contribution in [3.8, 4) is 0 Å². The van der Waals surface area contributed by atoms with Crippen LogP contribution in [0.1, 0.15) is 45.4 Å². The third-order valence-electron chi connectivity index (χ3n) is 2.90. The third kappa shape index (κ3) is 5.40. The molecule has 0 aromatic rings. The van der Waals surface area contributed by atoms with Crippen molar-refractivity contribution in [1.29, 1.82) is 0 Å². The normalized spacial score (nSPS) is 19.8. The van der Waals surface area contributed by atoms with Crippen LogP contribution in [-0.4, -0.2) is 17.8 Å². The Hall–Kier alpha value is -0.340. The first-order valence-electron chi connectivity index (χ1n) is 5.74. The molecule has 0 amide bonds. The zero-order valence-electron chi connectivity index (χ0n) is 9.21. The number of hydrogen-bond donors (Lipinski definition) is 2. The van der Waals surface area contributed by atoms with Crippen LogP contribution in [0.25, 0.3) is 0 Å². The molecular formula is C12H23NO. The van der Waals surface area contributed by atoms with Crippen LogP contribution in [0.4, 0.5) is 0 Å². The van der Waals surface area contributed by atoms with Crippen LogP contribution < -0.4 is 5.73 Å². The molecule has 1 saturated carbocycles. The van der Waals surface area contributed by atoms with Crippen molar-refractivity contribution in [2.75, 3.05) is 6.61 Å². The van der Waals surface area contributed by atoms with Gasteiger partial charge < -0.3 is 10.8 Å². The molecule has 1 fully saturated rings. The highest BCUT2D eigenvalue weighted by Gasteiger charge is 2.20. The highest BCUT2D eigenvalue weighted by molar-refractivity contribution is 4.98. The van der Waals surface area contributed by atoms with Gasteiger partial charge in [0.15, 0.2) is 0 Å². The van der Waals surface area contributed by atoms with Crippen LogP contribution in [0.2, 0.25) is 0 Å². The van der Waals surface area contributed by atoms with E-state index < -0.39 is 0 Å². The fourth-order valence-electron chi connectivity index (χ4n) is 1.61. The second-order valence-electron chi connectivity index (χ2n) is 4.58. The summed E-state index contributed by atoms with van der Waals surface area (Å²) in [5, 5.41) is 8.80. The lowest BCUT2D eigenvalue weighted by Gasteiger charge is -2.08. The first kappa shape index (κ1) is 11.7. The molecule has 2 heteroatoms. The summed E-state index contributed by atoms with van der Waals surface area (Å²) >= 11 is 0. The molecule has 1 aliphatic rings. The molecule has 0 aromatic heterocycles. The van der Waals surface area contributed by atoms with Gasteiger partial charge in [0.05, 0.1) is 6.61 Å². The molecular weight excluding hydrogens is 174 g/mol. The zero-order valence-corrected chi connectivity index (χ0v) is 9.21. The fourth-order valence-corrected chi connectivity index (χ4v) is 1.61. The maximum Gasteiger partial charge on any atom is 0.0639 e. The van der Waals surface area contributed by atoms with E-state index >= 15 is 0 Å². The summed E-state index contributed by atoms with van der Waals surface area (Å²) in [7, 11) is 0. The standard InChI is InChI=1S/C12H23NO/c1-10(9-14)5-8-12(13)4-2-3-11-6-7-11/h5,11-12,14H,2-4,6-9,13H2,1H3. The molecule has 0 bridgehead atoms. The molecule has 0 aromatic carbocycles. The molecule has 0 spiro atoms. The number of aliphatic hydroxyl groups excluding tert-OH is 1. The SMILES string of the molecule is CC(=CCC(N)CCCC1CC1)CO. The Kier molecular flexibility index (Phi) is 5.20. The van der Waals surface area contributed by atoms with Crippen molar-refractivity contribution >= 4 is 0 Å². The highest BCUT2D eigenvalue weighted by Crippen LogP contribution is 2.34. The van der Waals surface area contributed by atoms with Crippen molar-refractivity contribution in [2.45, 2.75) is 51.5 Å². The fraction of sp³-hybridized carbons (Fsp3) is 0.833. The molecule has 0 radical (unpaired) electrons. The van der Waals surface area contributed by atoms with Gasteiger partial charge in [0.25, 0.3) is 0 Å². The lowest BCUT2D eigenvalue weighted by Crippen LogP contribution is -2.18. The van der Waals surface area contributed by atoms with Gasteiger partial charge in [-0.2, -0.15) is 0 Å². The van der Waals surface area contributed by atoms with Crippen LogP contribution in [0.15, 0.2) is 11.6 Å². The molecule has 1 aliphatic carbocycles. The van der Waals surface area contributed by atoms with Gasteiger partial charge in [-0.05, 0) is 25.7 Å². The van der Waals surface area contributed by atoms with Gasteiger partial charge in [0, 0.05) is 6.04 Å². The number of nitrogens with two attached hydrogens (primary N) is 1. The van der Waals surface area contributed by atoms with E-state index in [0.717, 1.165) is 24.3 Å². The Labute approximate surface area is 87.2 Å². The van der Waals surface area contributed by atoms with Gasteiger partial charge >= 0.3 is 0 Å². The number of hydrogen-bond acceptors (Lipinski definition) is 2. The van der Waals surface area contributed by atoms with Crippen molar-refractivity contribution < 1.29 is 5.11 Å². The maximum atomic E-state index is 8.80. The highest BCUT2D eigenvalue weighted by atomic mass is 16.3. The van der Waals surface area contributed by atoms with Gasteiger partial charge in [0.2, 0.25) is 0 Å². The molecule has 1 unspecified atom stereocenters. The smallest absolute Gasteiger partial charge is 0.0639 e. The summed E-state index contributed by atoms with van der Waals surface area (Å²) in [6.07, 6.45) is 9.64. The zero-order chi connectivity index (χ0) is 10.4. The summed E-state index contributed by atoms with van der Waals surface area (Å²) in [6, 6.07) is 0.287. The summed E-state index contributed by atoms with van der Waals surface area (Å²) in [4.78, 5) is 0. The number of rotatable bonds is 7. The Morgan fingerprint density at radius 1 is 1.57 bits per heavy atom. The monoisotopic (exact) mass is 197 g/mol. The van der Waals surface area contributed by atoms with Crippen LogP contribution in [0.5, 0.6) is 0 Å². The molecule has 0 saturated heterocycles. The third-order valence-corrected chi connectivity index (χ3v) is 2.90. The van der Waals surface area contributed by atoms with Crippen molar-refractivity contribution in [1.82, 2.24) is 0 Å². The predicted molar refractivity (Wildman–Crippen MR) is 60.0 cm³/mol. The maximum absolute atomic E-state index is 8.80. The minimum absolute atomic E-state index is 0.162. The van der Waals surface area contributed by atoms with Gasteiger partial charge in [-0.3, -0.25) is 0 Å². The Morgan fingerprint density at radius 3 is 2.86 bits per heavy atom. The first-order chi connectivity index (χ1) is 6.72. The predicted octanol–water partition coefficient (Wildman–Crippen LogP) is 2.22. The van der Waals surface area contributed by atoms with E-state index in [2.05, 4.69) is 6.08 Å². The average Bonchev–Trinajstić information content (AvgIpc) is 2.98. The summed E-state index contributed by atoms with van der Waals surface area (Å²) in [5.41, 5.74) is 6.99. The molecule has 3 N–H and O–H groups in total. The number of aliphatic hydroxyl groups is 1. The lowest BCUT2D eigenvalue weighted by molar-refractivity contribution is 0.330. The molecule has 1 rings (SSSR count). The van der Waals surface area contributed by atoms with E-state index in [1.54, 1.807) is 0 Å². The summed E-state index contributed by atoms with van der Waals surface area (Å²) < 4.78 is 0. The van der Waals surface area contributed by atoms with E-state index in [0.29, 0.717) is 0 Å². The largest absolute Gasteiger partial charge is 0.392 e. The quantitative estimate of drug-likeness (QED) is 0.615. The van der Waals surface area contributed by atoms with Crippen LogP contribution in [-0.2, 0) is 0 Å². The van der Waals surface area contributed by atoms with E-state index in [4.69, 9.17) is 10.8 Å². The molecule has 0 heterocycles. The van der Waals surface area contributed by atoms with Crippen molar-refractivity contribution in [3.05, 3.63) is 11.6 Å². The van der Waals surface area contributed by atoms with Crippen LogP contribution >= 0.6 is 0 Å². The Balaban J connectivity index is 1.99. The van der Waals surface area contributed by atoms with Gasteiger partial charge in [-0.25, -0.2) is 0 Å². The minimum Gasteiger partial charge on any atom is -0.392 e. The van der Waals surface area contributed by atoms with Gasteiger partial charge in [0.1, 0.15) is 0 Å². The second-order valence-corrected chi connectivity index (χ2v) is 4.58. The Morgan fingerprint density at radius 2 is 2.29 bits per heavy atom. The molecule has 14 heavy (non-hydrogen) atoms. The molecule has 82 valence electrons. The summed E-state index contributed by atoms with van der Waals surface area (Å²) in [5.74, 6) is 1.02. The van der Waals surface area contributed by atoms with Crippen LogP contribution in [0, 0.1) is 5.92 Å². The Bertz CT molecular complexity index is 185. The lowest BCUT2D eigenvalue weighted by atomic mass is 10.0. The van der Waals surface area contributed by atoms with Gasteiger partial charge in [-0.15, -0.1) is 0 Å². The average molecular weight is 197 g/mol. The van der Waals surface area contributed by atoms with Crippen LogP contribution in [0.3, 0.4) is 0 Å². The van der Waals surface area contributed by atoms with Crippen molar-refractivity contribution in [2.24, 2.45) is 11.7 Å². The molecule has 0 aliphatic heterocycles. The van der Waals surface area contributed by atoms with E-state index in [1.165, 1.54) is 25.7 Å². The van der Waals surface area contributed by atoms with Crippen molar-refractivity contribution in [3.63, 3.8) is 0 Å². The van der Waals surface area contributed by atoms with Gasteiger partial charge in [-0.1, -0.05) is 37.3 Å². The topological polar surface area (TPSA) is 46.2 Å². The van der Waals surface area contributed by atoms with E-state index in [9.17, 15) is 0 Å². The summed E-state index contributed by atoms with van der Waals surface area (Å²) in [6.45, 7) is 2.10. The molecule has 1 atom stereocenters. The first-order valence-corrected chi connectivity index (χ1v) is 5.74. The van der Waals surface area contributed by atoms with E-state index in [1.807, 2.05) is 6.92 Å². The minimum atomic E-state index is 0.162. The molecule has 2 nitrogen and oxygen atoms in total. The van der Waals surface area contributed by atoms with E-state index in [-0.39, 0.29) is 12.6 Å².